The molecule has 0 spiro atoms. The Morgan fingerprint density at radius 3 is 2.70 bits per heavy atom. The lowest BCUT2D eigenvalue weighted by Gasteiger charge is -2.17. The predicted molar refractivity (Wildman–Crippen MR) is 86.9 cm³/mol. The third-order valence-corrected chi connectivity index (χ3v) is 3.64. The molecule has 0 radical (unpaired) electrons. The Morgan fingerprint density at radius 1 is 1.25 bits per heavy atom. The number of rotatable bonds is 5. The summed E-state index contributed by atoms with van der Waals surface area (Å²) in [5.41, 5.74) is 2.58. The highest BCUT2D eigenvalue weighted by molar-refractivity contribution is 9.10. The molecule has 0 saturated heterocycles. The van der Waals surface area contributed by atoms with Gasteiger partial charge in [0.15, 0.2) is 0 Å². The van der Waals surface area contributed by atoms with Gasteiger partial charge in [-0.05, 0) is 47.3 Å². The van der Waals surface area contributed by atoms with Gasteiger partial charge in [0.05, 0.1) is 6.04 Å². The first-order valence-electron chi connectivity index (χ1n) is 6.95. The molecule has 1 aromatic heterocycles. The Bertz CT molecular complexity index is 584. The number of halogens is 1. The van der Waals surface area contributed by atoms with Gasteiger partial charge in [0.25, 0.3) is 0 Å². The van der Waals surface area contributed by atoms with Crippen LogP contribution in [-0.4, -0.2) is 9.97 Å². The van der Waals surface area contributed by atoms with E-state index < -0.39 is 0 Å². The summed E-state index contributed by atoms with van der Waals surface area (Å²) >= 11 is 3.45. The van der Waals surface area contributed by atoms with Crippen molar-refractivity contribution in [1.82, 2.24) is 9.97 Å². The number of benzene rings is 1. The Labute approximate surface area is 129 Å². The van der Waals surface area contributed by atoms with E-state index in [9.17, 15) is 0 Å². The number of aryl methyl sites for hydroxylation is 2. The molecule has 0 fully saturated rings. The molecule has 0 aliphatic rings. The highest BCUT2D eigenvalue weighted by Crippen LogP contribution is 2.22. The molecule has 1 N–H and O–H groups in total. The number of nitrogens with zero attached hydrogens (tertiary/aromatic N) is 2. The van der Waals surface area contributed by atoms with Gasteiger partial charge >= 0.3 is 0 Å². The minimum absolute atomic E-state index is 0.215. The summed E-state index contributed by atoms with van der Waals surface area (Å²) in [6.07, 6.45) is 1.94. The smallest absolute Gasteiger partial charge is 0.132 e. The van der Waals surface area contributed by atoms with Crippen LogP contribution in [0, 0.1) is 6.92 Å². The summed E-state index contributed by atoms with van der Waals surface area (Å²) in [4.78, 5) is 8.95. The molecule has 3 nitrogen and oxygen atoms in total. The van der Waals surface area contributed by atoms with Gasteiger partial charge in [0, 0.05) is 12.5 Å². The highest BCUT2D eigenvalue weighted by Gasteiger charge is 2.10. The van der Waals surface area contributed by atoms with Crippen LogP contribution in [0.1, 0.15) is 43.3 Å². The van der Waals surface area contributed by atoms with Crippen molar-refractivity contribution in [2.24, 2.45) is 0 Å². The lowest BCUT2D eigenvalue weighted by Crippen LogP contribution is -2.10. The maximum Gasteiger partial charge on any atom is 0.132 e. The SMILES string of the molecule is CCCc1nc(Br)cc(NC(C)c2ccccc2C)n1. The minimum atomic E-state index is 0.215. The van der Waals surface area contributed by atoms with E-state index in [1.807, 2.05) is 6.07 Å². The molecule has 2 aromatic rings. The van der Waals surface area contributed by atoms with Crippen molar-refractivity contribution in [3.63, 3.8) is 0 Å². The van der Waals surface area contributed by atoms with Gasteiger partial charge < -0.3 is 5.32 Å². The van der Waals surface area contributed by atoms with Crippen LogP contribution in [0.5, 0.6) is 0 Å². The molecule has 1 heterocycles. The van der Waals surface area contributed by atoms with E-state index in [4.69, 9.17) is 0 Å². The largest absolute Gasteiger partial charge is 0.363 e. The first-order valence-corrected chi connectivity index (χ1v) is 7.75. The number of anilines is 1. The molecule has 0 amide bonds. The number of hydrogen-bond donors (Lipinski definition) is 1. The summed E-state index contributed by atoms with van der Waals surface area (Å²) in [5.74, 6) is 1.74. The van der Waals surface area contributed by atoms with Crippen LogP contribution >= 0.6 is 15.9 Å². The molecule has 0 aliphatic heterocycles. The molecule has 106 valence electrons. The number of nitrogens with one attached hydrogen (secondary N) is 1. The summed E-state index contributed by atoms with van der Waals surface area (Å²) in [7, 11) is 0. The molecule has 4 heteroatoms. The number of aromatic nitrogens is 2. The van der Waals surface area contributed by atoms with Gasteiger partial charge in [-0.2, -0.15) is 0 Å². The van der Waals surface area contributed by atoms with Crippen molar-refractivity contribution in [3.8, 4) is 0 Å². The maximum absolute atomic E-state index is 4.57. The van der Waals surface area contributed by atoms with Crippen molar-refractivity contribution in [1.29, 1.82) is 0 Å². The molecular weight excluding hydrogens is 314 g/mol. The molecule has 1 aromatic carbocycles. The van der Waals surface area contributed by atoms with E-state index in [0.717, 1.165) is 29.1 Å². The predicted octanol–water partition coefficient (Wildman–Crippen LogP) is 4.67. The Hall–Kier alpha value is -1.42. The van der Waals surface area contributed by atoms with Crippen molar-refractivity contribution >= 4 is 21.7 Å². The van der Waals surface area contributed by atoms with Crippen LogP contribution in [0.15, 0.2) is 34.9 Å². The Morgan fingerprint density at radius 2 is 2.00 bits per heavy atom. The fraction of sp³-hybridized carbons (Fsp3) is 0.375. The van der Waals surface area contributed by atoms with Gasteiger partial charge in [0.1, 0.15) is 16.2 Å². The topological polar surface area (TPSA) is 37.8 Å². The standard InChI is InChI=1S/C16H20BrN3/c1-4-7-15-19-14(17)10-16(20-15)18-12(3)13-9-6-5-8-11(13)2/h5-6,8-10,12H,4,7H2,1-3H3,(H,18,19,20). The monoisotopic (exact) mass is 333 g/mol. The maximum atomic E-state index is 4.57. The third-order valence-electron chi connectivity index (χ3n) is 3.23. The Kier molecular flexibility index (Phi) is 5.12. The average molecular weight is 334 g/mol. The highest BCUT2D eigenvalue weighted by atomic mass is 79.9. The van der Waals surface area contributed by atoms with Gasteiger partial charge in [-0.15, -0.1) is 0 Å². The molecule has 1 atom stereocenters. The molecule has 20 heavy (non-hydrogen) atoms. The summed E-state index contributed by atoms with van der Waals surface area (Å²) in [6.45, 7) is 6.41. The fourth-order valence-electron chi connectivity index (χ4n) is 2.25. The van der Waals surface area contributed by atoms with E-state index in [0.29, 0.717) is 0 Å². The fourth-order valence-corrected chi connectivity index (χ4v) is 2.67. The third kappa shape index (κ3) is 3.79. The average Bonchev–Trinajstić information content (AvgIpc) is 2.38. The van der Waals surface area contributed by atoms with Crippen LogP contribution in [-0.2, 0) is 6.42 Å². The summed E-state index contributed by atoms with van der Waals surface area (Å²) in [6, 6.07) is 10.5. The van der Waals surface area contributed by atoms with Crippen LogP contribution in [0.2, 0.25) is 0 Å². The van der Waals surface area contributed by atoms with Crippen molar-refractivity contribution in [2.45, 2.75) is 39.7 Å². The second-order valence-corrected chi connectivity index (χ2v) is 5.78. The van der Waals surface area contributed by atoms with E-state index in [1.54, 1.807) is 0 Å². The number of hydrogen-bond acceptors (Lipinski definition) is 3. The van der Waals surface area contributed by atoms with E-state index >= 15 is 0 Å². The molecule has 0 saturated carbocycles. The lowest BCUT2D eigenvalue weighted by atomic mass is 10.0. The van der Waals surface area contributed by atoms with Crippen molar-refractivity contribution in [3.05, 3.63) is 51.9 Å². The normalized spacial score (nSPS) is 12.2. The molecule has 2 rings (SSSR count). The van der Waals surface area contributed by atoms with E-state index in [2.05, 4.69) is 76.3 Å². The van der Waals surface area contributed by atoms with E-state index in [-0.39, 0.29) is 6.04 Å². The van der Waals surface area contributed by atoms with Gasteiger partial charge in [-0.1, -0.05) is 31.2 Å². The second-order valence-electron chi connectivity index (χ2n) is 4.96. The van der Waals surface area contributed by atoms with Crippen molar-refractivity contribution < 1.29 is 0 Å². The van der Waals surface area contributed by atoms with Crippen LogP contribution < -0.4 is 5.32 Å². The van der Waals surface area contributed by atoms with Crippen molar-refractivity contribution in [2.75, 3.05) is 5.32 Å². The summed E-state index contributed by atoms with van der Waals surface area (Å²) < 4.78 is 0.829. The summed E-state index contributed by atoms with van der Waals surface area (Å²) in [5, 5.41) is 3.46. The quantitative estimate of drug-likeness (QED) is 0.807. The molecule has 0 aliphatic carbocycles. The lowest BCUT2D eigenvalue weighted by molar-refractivity contribution is 0.812. The molecular formula is C16H20BrN3. The second kappa shape index (κ2) is 6.84. The molecule has 0 bridgehead atoms. The van der Waals surface area contributed by atoms with Gasteiger partial charge in [-0.25, -0.2) is 9.97 Å². The van der Waals surface area contributed by atoms with Crippen LogP contribution in [0.25, 0.3) is 0 Å². The zero-order chi connectivity index (χ0) is 14.5. The minimum Gasteiger partial charge on any atom is -0.363 e. The van der Waals surface area contributed by atoms with Gasteiger partial charge in [0.2, 0.25) is 0 Å². The Balaban J connectivity index is 2.19. The molecule has 1 unspecified atom stereocenters. The van der Waals surface area contributed by atoms with Gasteiger partial charge in [-0.3, -0.25) is 0 Å². The zero-order valence-electron chi connectivity index (χ0n) is 12.2. The first kappa shape index (κ1) is 15.0. The van der Waals surface area contributed by atoms with Crippen LogP contribution in [0.4, 0.5) is 5.82 Å². The van der Waals surface area contributed by atoms with E-state index in [1.165, 1.54) is 11.1 Å². The van der Waals surface area contributed by atoms with Crippen LogP contribution in [0.3, 0.4) is 0 Å². The first-order chi connectivity index (χ1) is 9.60. The zero-order valence-corrected chi connectivity index (χ0v) is 13.7.